The van der Waals surface area contributed by atoms with Gasteiger partial charge in [-0.3, -0.25) is 11.3 Å². The van der Waals surface area contributed by atoms with Crippen molar-refractivity contribution in [1.82, 2.24) is 5.43 Å². The van der Waals surface area contributed by atoms with E-state index in [1.54, 1.807) is 6.92 Å². The molecule has 0 fully saturated rings. The Morgan fingerprint density at radius 2 is 2.00 bits per heavy atom. The molecule has 1 aromatic rings. The van der Waals surface area contributed by atoms with Crippen LogP contribution in [0.3, 0.4) is 0 Å². The quantitative estimate of drug-likeness (QED) is 0.468. The van der Waals surface area contributed by atoms with Crippen LogP contribution >= 0.6 is 0 Å². The van der Waals surface area contributed by atoms with Crippen LogP contribution in [0.5, 0.6) is 0 Å². The Morgan fingerprint density at radius 3 is 2.50 bits per heavy atom. The van der Waals surface area contributed by atoms with E-state index in [0.717, 1.165) is 0 Å². The van der Waals surface area contributed by atoms with E-state index in [0.29, 0.717) is 12.8 Å². The fourth-order valence-corrected chi connectivity index (χ4v) is 1.50. The third-order valence-corrected chi connectivity index (χ3v) is 2.28. The fourth-order valence-electron chi connectivity index (χ4n) is 1.50. The lowest BCUT2D eigenvalue weighted by Crippen LogP contribution is -2.29. The second-order valence-electron chi connectivity index (χ2n) is 3.32. The first-order valence-corrected chi connectivity index (χ1v) is 5.00. The summed E-state index contributed by atoms with van der Waals surface area (Å²) in [5.41, 5.74) is 2.39. The average Bonchev–Trinajstić information content (AvgIpc) is 2.26. The van der Waals surface area contributed by atoms with Crippen molar-refractivity contribution < 1.29 is 8.78 Å². The summed E-state index contributed by atoms with van der Waals surface area (Å²) < 4.78 is 26.9. The molecule has 3 N–H and O–H groups in total. The van der Waals surface area contributed by atoms with Gasteiger partial charge in [-0.2, -0.15) is 0 Å². The monoisotopic (exact) mass is 224 g/mol. The van der Waals surface area contributed by atoms with Gasteiger partial charge in [0.25, 0.3) is 0 Å². The highest BCUT2D eigenvalue weighted by Crippen LogP contribution is 2.23. The zero-order valence-electron chi connectivity index (χ0n) is 9.06. The lowest BCUT2D eigenvalue weighted by atomic mass is 10.0. The van der Waals surface area contributed by atoms with Crippen LogP contribution in [-0.4, -0.2) is 0 Å². The molecule has 0 spiro atoms. The molecule has 0 saturated heterocycles. The topological polar surface area (TPSA) is 38.0 Å². The molecule has 0 aliphatic heterocycles. The molecule has 2 nitrogen and oxygen atoms in total. The first-order valence-electron chi connectivity index (χ1n) is 5.00. The SMILES string of the molecule is CC#CCCC(NN)c1c(F)cccc1F. The molecular formula is C12H14F2N2. The molecule has 86 valence electrons. The van der Waals surface area contributed by atoms with E-state index in [1.807, 2.05) is 0 Å². The second-order valence-corrected chi connectivity index (χ2v) is 3.32. The summed E-state index contributed by atoms with van der Waals surface area (Å²) in [6.45, 7) is 1.72. The van der Waals surface area contributed by atoms with Crippen LogP contribution in [0.2, 0.25) is 0 Å². The summed E-state index contributed by atoms with van der Waals surface area (Å²) in [5.74, 6) is 9.67. The molecule has 0 saturated carbocycles. The molecule has 1 atom stereocenters. The predicted molar refractivity (Wildman–Crippen MR) is 59.1 cm³/mol. The molecular weight excluding hydrogens is 210 g/mol. The molecule has 0 heterocycles. The molecule has 0 radical (unpaired) electrons. The Bertz CT molecular complexity index is 387. The van der Waals surface area contributed by atoms with Gasteiger partial charge in [0, 0.05) is 12.0 Å². The van der Waals surface area contributed by atoms with Gasteiger partial charge in [0.1, 0.15) is 11.6 Å². The van der Waals surface area contributed by atoms with Crippen LogP contribution in [-0.2, 0) is 0 Å². The van der Waals surface area contributed by atoms with E-state index in [-0.39, 0.29) is 5.56 Å². The zero-order valence-corrected chi connectivity index (χ0v) is 9.06. The molecule has 1 unspecified atom stereocenters. The Balaban J connectivity index is 2.88. The molecule has 0 aliphatic rings. The van der Waals surface area contributed by atoms with Gasteiger partial charge < -0.3 is 0 Å². The zero-order chi connectivity index (χ0) is 12.0. The standard InChI is InChI=1S/C12H14F2N2/c1-2-3-4-8-11(16-15)12-9(13)6-5-7-10(12)14/h5-7,11,16H,4,8,15H2,1H3. The highest BCUT2D eigenvalue weighted by Gasteiger charge is 2.17. The Hall–Kier alpha value is -1.44. The van der Waals surface area contributed by atoms with Crippen molar-refractivity contribution in [3.63, 3.8) is 0 Å². The number of hydrogen-bond acceptors (Lipinski definition) is 2. The Labute approximate surface area is 93.8 Å². The first kappa shape index (κ1) is 12.6. The number of halogens is 2. The Morgan fingerprint density at radius 1 is 1.38 bits per heavy atom. The van der Waals surface area contributed by atoms with Crippen molar-refractivity contribution in [2.45, 2.75) is 25.8 Å². The minimum atomic E-state index is -0.590. The maximum Gasteiger partial charge on any atom is 0.130 e. The number of nitrogens with one attached hydrogen (secondary N) is 1. The maximum absolute atomic E-state index is 13.4. The highest BCUT2D eigenvalue weighted by atomic mass is 19.1. The van der Waals surface area contributed by atoms with E-state index in [1.165, 1.54) is 18.2 Å². The van der Waals surface area contributed by atoms with Crippen molar-refractivity contribution in [3.8, 4) is 11.8 Å². The molecule has 0 aromatic heterocycles. The van der Waals surface area contributed by atoms with Gasteiger partial charge in [-0.1, -0.05) is 6.07 Å². The molecule has 16 heavy (non-hydrogen) atoms. The molecule has 1 rings (SSSR count). The summed E-state index contributed by atoms with van der Waals surface area (Å²) in [6.07, 6.45) is 1.01. The van der Waals surface area contributed by atoms with Crippen molar-refractivity contribution >= 4 is 0 Å². The number of rotatable bonds is 4. The van der Waals surface area contributed by atoms with E-state index in [4.69, 9.17) is 5.84 Å². The van der Waals surface area contributed by atoms with Gasteiger partial charge in [-0.25, -0.2) is 8.78 Å². The third-order valence-electron chi connectivity index (χ3n) is 2.28. The van der Waals surface area contributed by atoms with Gasteiger partial charge in [0.05, 0.1) is 6.04 Å². The van der Waals surface area contributed by atoms with E-state index >= 15 is 0 Å². The number of hydrazine groups is 1. The van der Waals surface area contributed by atoms with Crippen LogP contribution in [0.1, 0.15) is 31.4 Å². The van der Waals surface area contributed by atoms with Crippen molar-refractivity contribution in [2.75, 3.05) is 0 Å². The van der Waals surface area contributed by atoms with Crippen LogP contribution < -0.4 is 11.3 Å². The summed E-state index contributed by atoms with van der Waals surface area (Å²) in [7, 11) is 0. The van der Waals surface area contributed by atoms with Gasteiger partial charge in [-0.15, -0.1) is 11.8 Å². The molecule has 1 aromatic carbocycles. The fraction of sp³-hybridized carbons (Fsp3) is 0.333. The van der Waals surface area contributed by atoms with Crippen LogP contribution in [0.25, 0.3) is 0 Å². The van der Waals surface area contributed by atoms with Gasteiger partial charge in [-0.05, 0) is 25.5 Å². The molecule has 0 amide bonds. The smallest absolute Gasteiger partial charge is 0.130 e. The number of hydrogen-bond donors (Lipinski definition) is 2. The van der Waals surface area contributed by atoms with Crippen LogP contribution in [0, 0.1) is 23.5 Å². The number of nitrogens with two attached hydrogens (primary N) is 1. The van der Waals surface area contributed by atoms with Crippen molar-refractivity contribution in [1.29, 1.82) is 0 Å². The first-order chi connectivity index (χ1) is 7.70. The third kappa shape index (κ3) is 3.02. The Kier molecular flexibility index (Phi) is 4.90. The van der Waals surface area contributed by atoms with E-state index in [9.17, 15) is 8.78 Å². The van der Waals surface area contributed by atoms with Crippen LogP contribution in [0.15, 0.2) is 18.2 Å². The summed E-state index contributed by atoms with van der Waals surface area (Å²) in [5, 5.41) is 0. The largest absolute Gasteiger partial charge is 0.271 e. The van der Waals surface area contributed by atoms with Crippen molar-refractivity contribution in [3.05, 3.63) is 35.4 Å². The predicted octanol–water partition coefficient (Wildman–Crippen LogP) is 2.27. The molecule has 0 aliphatic carbocycles. The van der Waals surface area contributed by atoms with E-state index < -0.39 is 17.7 Å². The maximum atomic E-state index is 13.4. The lowest BCUT2D eigenvalue weighted by molar-refractivity contribution is 0.458. The van der Waals surface area contributed by atoms with Crippen LogP contribution in [0.4, 0.5) is 8.78 Å². The highest BCUT2D eigenvalue weighted by molar-refractivity contribution is 5.23. The van der Waals surface area contributed by atoms with E-state index in [2.05, 4.69) is 17.3 Å². The second kappa shape index (κ2) is 6.21. The normalized spacial score (nSPS) is 11.8. The molecule has 4 heteroatoms. The van der Waals surface area contributed by atoms with Gasteiger partial charge in [0.15, 0.2) is 0 Å². The minimum Gasteiger partial charge on any atom is -0.271 e. The number of benzene rings is 1. The van der Waals surface area contributed by atoms with Gasteiger partial charge in [0.2, 0.25) is 0 Å². The van der Waals surface area contributed by atoms with Crippen molar-refractivity contribution in [2.24, 2.45) is 5.84 Å². The summed E-state index contributed by atoms with van der Waals surface area (Å²) in [4.78, 5) is 0. The molecule has 0 bridgehead atoms. The van der Waals surface area contributed by atoms with Gasteiger partial charge >= 0.3 is 0 Å². The lowest BCUT2D eigenvalue weighted by Gasteiger charge is -2.16. The minimum absolute atomic E-state index is 0.0251. The summed E-state index contributed by atoms with van der Waals surface area (Å²) in [6, 6.07) is 3.21. The average molecular weight is 224 g/mol. The summed E-state index contributed by atoms with van der Waals surface area (Å²) >= 11 is 0.